The fourth-order valence-corrected chi connectivity index (χ4v) is 6.70. The first-order valence-corrected chi connectivity index (χ1v) is 16.3. The molecule has 0 heterocycles. The van der Waals surface area contributed by atoms with Gasteiger partial charge in [0, 0.05) is 6.42 Å². The van der Waals surface area contributed by atoms with E-state index < -0.39 is 32.7 Å². The third-order valence-corrected chi connectivity index (χ3v) is 9.06. The number of fused-ring (bicyclic) bond motifs is 1. The van der Waals surface area contributed by atoms with Gasteiger partial charge in [0.2, 0.25) is 15.9 Å². The lowest BCUT2D eigenvalue weighted by Gasteiger charge is -2.28. The van der Waals surface area contributed by atoms with Crippen molar-refractivity contribution < 1.29 is 26.4 Å². The molecule has 3 aromatic carbocycles. The van der Waals surface area contributed by atoms with Crippen molar-refractivity contribution >= 4 is 15.9 Å². The molecule has 1 aliphatic rings. The summed E-state index contributed by atoms with van der Waals surface area (Å²) in [6.45, 7) is 6.34. The molecule has 0 fully saturated rings. The quantitative estimate of drug-likeness (QED) is 0.192. The average molecular weight is 616 g/mol. The second kappa shape index (κ2) is 14.5. The number of hydrogen-bond donors (Lipinski definition) is 3. The Kier molecular flexibility index (Phi) is 11.0. The standard InChI is InChI=1S/C33H40F3N3O3S/c1-23(2)22-37-18-8-9-24-16-17-29-26(19-24)12-6-15-30(29)38-32(40)21-31(25-10-4-3-5-11-25)39-43(41,42)28-14-7-13-27(20-28)33(34,35)36/h3-5,7,10-11,13-14,16-17,19-20,23,30-31,37,39H,6,8-9,12,15,18,21-22H2,1-2H3,(H,38,40)/t30?,31-/m1/s1. The van der Waals surface area contributed by atoms with Crippen LogP contribution in [0.25, 0.3) is 0 Å². The fourth-order valence-electron chi connectivity index (χ4n) is 5.43. The van der Waals surface area contributed by atoms with Crippen LogP contribution in [-0.2, 0) is 33.8 Å². The van der Waals surface area contributed by atoms with E-state index in [0.29, 0.717) is 17.5 Å². The summed E-state index contributed by atoms with van der Waals surface area (Å²) in [4.78, 5) is 12.8. The summed E-state index contributed by atoms with van der Waals surface area (Å²) in [5.41, 5.74) is 3.03. The molecule has 1 amide bonds. The lowest BCUT2D eigenvalue weighted by molar-refractivity contribution is -0.137. The van der Waals surface area contributed by atoms with Crippen LogP contribution < -0.4 is 15.4 Å². The third kappa shape index (κ3) is 9.39. The number of nitrogens with one attached hydrogen (secondary N) is 3. The highest BCUT2D eigenvalue weighted by atomic mass is 32.2. The first-order chi connectivity index (χ1) is 20.4. The van der Waals surface area contributed by atoms with E-state index >= 15 is 0 Å². The summed E-state index contributed by atoms with van der Waals surface area (Å²) in [7, 11) is -4.37. The minimum absolute atomic E-state index is 0.200. The van der Waals surface area contributed by atoms with Crippen molar-refractivity contribution in [3.63, 3.8) is 0 Å². The lowest BCUT2D eigenvalue weighted by Crippen LogP contribution is -2.36. The number of carbonyl (C=O) groups is 1. The molecule has 0 saturated heterocycles. The number of halogens is 3. The summed E-state index contributed by atoms with van der Waals surface area (Å²) in [6.07, 6.45) is -0.264. The molecule has 2 atom stereocenters. The number of carbonyl (C=O) groups excluding carboxylic acids is 1. The molecule has 0 aromatic heterocycles. The van der Waals surface area contributed by atoms with E-state index in [4.69, 9.17) is 0 Å². The molecule has 0 aliphatic heterocycles. The Labute approximate surface area is 252 Å². The zero-order valence-electron chi connectivity index (χ0n) is 24.6. The molecule has 1 unspecified atom stereocenters. The Morgan fingerprint density at radius 2 is 1.77 bits per heavy atom. The molecule has 1 aliphatic carbocycles. The summed E-state index contributed by atoms with van der Waals surface area (Å²) >= 11 is 0. The van der Waals surface area contributed by atoms with Crippen molar-refractivity contribution in [1.82, 2.24) is 15.4 Å². The normalized spacial score (nSPS) is 16.1. The molecule has 0 spiro atoms. The highest BCUT2D eigenvalue weighted by Gasteiger charge is 2.32. The van der Waals surface area contributed by atoms with Gasteiger partial charge < -0.3 is 10.6 Å². The van der Waals surface area contributed by atoms with Crippen LogP contribution in [0, 0.1) is 5.92 Å². The molecule has 232 valence electrons. The minimum Gasteiger partial charge on any atom is -0.349 e. The van der Waals surface area contributed by atoms with E-state index in [1.54, 1.807) is 30.3 Å². The van der Waals surface area contributed by atoms with Gasteiger partial charge in [-0.1, -0.05) is 68.4 Å². The lowest BCUT2D eigenvalue weighted by atomic mass is 9.86. The van der Waals surface area contributed by atoms with Gasteiger partial charge in [-0.05, 0) is 91.6 Å². The SMILES string of the molecule is CC(C)CNCCCc1ccc2c(c1)CCCC2NC(=O)C[C@@H](NS(=O)(=O)c1cccc(C(F)(F)F)c1)c1ccccc1. The van der Waals surface area contributed by atoms with Gasteiger partial charge in [0.15, 0.2) is 0 Å². The maximum Gasteiger partial charge on any atom is 0.416 e. The zero-order chi connectivity index (χ0) is 31.0. The van der Waals surface area contributed by atoms with Crippen LogP contribution in [0.5, 0.6) is 0 Å². The van der Waals surface area contributed by atoms with Gasteiger partial charge in [-0.25, -0.2) is 13.1 Å². The molecular weight excluding hydrogens is 575 g/mol. The van der Waals surface area contributed by atoms with Crippen molar-refractivity contribution in [2.75, 3.05) is 13.1 Å². The van der Waals surface area contributed by atoms with E-state index in [1.807, 2.05) is 0 Å². The molecule has 4 rings (SSSR count). The number of hydrogen-bond acceptors (Lipinski definition) is 4. The van der Waals surface area contributed by atoms with Crippen molar-refractivity contribution in [3.8, 4) is 0 Å². The third-order valence-electron chi connectivity index (χ3n) is 7.59. The second-order valence-electron chi connectivity index (χ2n) is 11.6. The largest absolute Gasteiger partial charge is 0.416 e. The highest BCUT2D eigenvalue weighted by Crippen LogP contribution is 2.33. The van der Waals surface area contributed by atoms with E-state index in [9.17, 15) is 26.4 Å². The van der Waals surface area contributed by atoms with E-state index in [2.05, 4.69) is 47.4 Å². The first kappa shape index (κ1) is 32.7. The number of amides is 1. The van der Waals surface area contributed by atoms with Crippen LogP contribution in [0.4, 0.5) is 13.2 Å². The molecule has 0 saturated carbocycles. The average Bonchev–Trinajstić information content (AvgIpc) is 2.96. The van der Waals surface area contributed by atoms with Crippen molar-refractivity contribution in [3.05, 3.63) is 101 Å². The zero-order valence-corrected chi connectivity index (χ0v) is 25.4. The first-order valence-electron chi connectivity index (χ1n) is 14.8. The molecule has 0 radical (unpaired) electrons. The van der Waals surface area contributed by atoms with Gasteiger partial charge >= 0.3 is 6.18 Å². The van der Waals surface area contributed by atoms with E-state index in [1.165, 1.54) is 11.1 Å². The van der Waals surface area contributed by atoms with Gasteiger partial charge in [-0.2, -0.15) is 13.2 Å². The van der Waals surface area contributed by atoms with Gasteiger partial charge in [-0.3, -0.25) is 4.79 Å². The predicted molar refractivity (Wildman–Crippen MR) is 162 cm³/mol. The van der Waals surface area contributed by atoms with E-state index in [-0.39, 0.29) is 18.4 Å². The molecule has 3 aromatic rings. The van der Waals surface area contributed by atoms with Crippen LogP contribution in [0.15, 0.2) is 77.7 Å². The van der Waals surface area contributed by atoms with E-state index in [0.717, 1.165) is 69.0 Å². The Hall–Kier alpha value is -3.21. The number of sulfonamides is 1. The summed E-state index contributed by atoms with van der Waals surface area (Å²) in [5, 5.41) is 6.56. The van der Waals surface area contributed by atoms with Crippen LogP contribution in [0.3, 0.4) is 0 Å². The van der Waals surface area contributed by atoms with Crippen molar-refractivity contribution in [1.29, 1.82) is 0 Å². The summed E-state index contributed by atoms with van der Waals surface area (Å²) in [5.74, 6) is 0.271. The minimum atomic E-state index is -4.69. The predicted octanol–water partition coefficient (Wildman–Crippen LogP) is 6.49. The number of rotatable bonds is 13. The number of aryl methyl sites for hydroxylation is 2. The molecule has 6 nitrogen and oxygen atoms in total. The number of alkyl halides is 3. The molecule has 10 heteroatoms. The molecule has 3 N–H and O–H groups in total. The van der Waals surface area contributed by atoms with Crippen LogP contribution >= 0.6 is 0 Å². The van der Waals surface area contributed by atoms with Crippen LogP contribution in [0.1, 0.15) is 79.4 Å². The monoisotopic (exact) mass is 615 g/mol. The Morgan fingerprint density at radius 1 is 1.00 bits per heavy atom. The van der Waals surface area contributed by atoms with Crippen LogP contribution in [-0.4, -0.2) is 27.4 Å². The second-order valence-corrected chi connectivity index (χ2v) is 13.3. The molecule has 0 bridgehead atoms. The Bertz CT molecular complexity index is 1480. The van der Waals surface area contributed by atoms with Crippen molar-refractivity contribution in [2.24, 2.45) is 5.92 Å². The molecular formula is C33H40F3N3O3S. The highest BCUT2D eigenvalue weighted by molar-refractivity contribution is 7.89. The summed E-state index contributed by atoms with van der Waals surface area (Å²) in [6, 6.07) is 17.4. The Balaban J connectivity index is 1.45. The van der Waals surface area contributed by atoms with Crippen molar-refractivity contribution in [2.45, 2.75) is 75.5 Å². The maximum atomic E-state index is 13.3. The van der Waals surface area contributed by atoms with Gasteiger partial charge in [0.25, 0.3) is 0 Å². The van der Waals surface area contributed by atoms with Gasteiger partial charge in [-0.15, -0.1) is 0 Å². The Morgan fingerprint density at radius 3 is 2.49 bits per heavy atom. The smallest absolute Gasteiger partial charge is 0.349 e. The number of benzene rings is 3. The van der Waals surface area contributed by atoms with Gasteiger partial charge in [0.05, 0.1) is 22.5 Å². The van der Waals surface area contributed by atoms with Gasteiger partial charge in [0.1, 0.15) is 0 Å². The topological polar surface area (TPSA) is 87.3 Å². The fraction of sp³-hybridized carbons (Fsp3) is 0.424. The van der Waals surface area contributed by atoms with Crippen LogP contribution in [0.2, 0.25) is 0 Å². The summed E-state index contributed by atoms with van der Waals surface area (Å²) < 4.78 is 68.6. The maximum absolute atomic E-state index is 13.3. The molecule has 43 heavy (non-hydrogen) atoms.